The van der Waals surface area contributed by atoms with Gasteiger partial charge in [0, 0.05) is 11.8 Å². The van der Waals surface area contributed by atoms with Crippen LogP contribution < -0.4 is 0 Å². The van der Waals surface area contributed by atoms with E-state index in [1.54, 1.807) is 6.92 Å². The van der Waals surface area contributed by atoms with E-state index in [0.717, 1.165) is 24.0 Å². The van der Waals surface area contributed by atoms with Crippen LogP contribution in [0.1, 0.15) is 11.1 Å². The summed E-state index contributed by atoms with van der Waals surface area (Å²) in [6.07, 6.45) is -2.30. The topological polar surface area (TPSA) is 38.7 Å². The Morgan fingerprint density at radius 2 is 1.89 bits per heavy atom. The summed E-state index contributed by atoms with van der Waals surface area (Å²) in [7, 11) is 0. The number of halogens is 4. The predicted octanol–water partition coefficient (Wildman–Crippen LogP) is 4.00. The lowest BCUT2D eigenvalue weighted by molar-refractivity contribution is -0.137. The third-order valence-corrected chi connectivity index (χ3v) is 3.68. The van der Waals surface area contributed by atoms with E-state index in [9.17, 15) is 13.2 Å². The quantitative estimate of drug-likeness (QED) is 0.786. The number of alkyl halides is 3. The Balaban J connectivity index is 2.23. The molecule has 0 atom stereocenters. The molecule has 2 aromatic heterocycles. The average Bonchev–Trinajstić information content (AvgIpc) is 2.35. The van der Waals surface area contributed by atoms with Crippen molar-refractivity contribution in [2.75, 3.05) is 0 Å². The largest absolute Gasteiger partial charge is 0.417 e. The molecule has 0 spiro atoms. The Labute approximate surface area is 116 Å². The lowest BCUT2D eigenvalue weighted by Crippen LogP contribution is -2.05. The highest BCUT2D eigenvalue weighted by molar-refractivity contribution is 7.99. The number of aromatic nitrogens is 3. The van der Waals surface area contributed by atoms with Crippen LogP contribution in [0, 0.1) is 6.92 Å². The molecular weight excluding hydrogens is 299 g/mol. The number of pyridine rings is 1. The predicted molar refractivity (Wildman–Crippen MR) is 65.1 cm³/mol. The van der Waals surface area contributed by atoms with Crippen LogP contribution in [0.2, 0.25) is 5.15 Å². The summed E-state index contributed by atoms with van der Waals surface area (Å²) in [5.41, 5.74) is -0.120. The fourth-order valence-electron chi connectivity index (χ4n) is 1.22. The van der Waals surface area contributed by atoms with Crippen molar-refractivity contribution in [2.24, 2.45) is 0 Å². The third kappa shape index (κ3) is 3.36. The number of nitrogens with zero attached hydrogens (tertiary/aromatic N) is 3. The number of hydrogen-bond acceptors (Lipinski definition) is 4. The zero-order chi connectivity index (χ0) is 14.0. The molecule has 0 unspecified atom stereocenters. The fraction of sp³-hybridized carbons (Fsp3) is 0.182. The van der Waals surface area contributed by atoms with Crippen molar-refractivity contribution in [1.29, 1.82) is 0 Å². The van der Waals surface area contributed by atoms with Gasteiger partial charge in [-0.05, 0) is 30.8 Å². The first-order valence-corrected chi connectivity index (χ1v) is 6.25. The molecular formula is C11H7ClF3N3S. The van der Waals surface area contributed by atoms with Gasteiger partial charge in [0.15, 0.2) is 0 Å². The van der Waals surface area contributed by atoms with E-state index in [-0.39, 0.29) is 0 Å². The van der Waals surface area contributed by atoms with Crippen molar-refractivity contribution < 1.29 is 13.2 Å². The molecule has 100 valence electrons. The lowest BCUT2D eigenvalue weighted by Gasteiger charge is -2.07. The zero-order valence-electron chi connectivity index (χ0n) is 9.57. The molecule has 0 fully saturated rings. The molecule has 0 bridgehead atoms. The Kier molecular flexibility index (Phi) is 3.96. The third-order valence-electron chi connectivity index (χ3n) is 2.24. The summed E-state index contributed by atoms with van der Waals surface area (Å²) < 4.78 is 37.1. The second-order valence-electron chi connectivity index (χ2n) is 3.58. The Morgan fingerprint density at radius 1 is 1.16 bits per heavy atom. The van der Waals surface area contributed by atoms with E-state index in [1.165, 1.54) is 12.4 Å². The fourth-order valence-corrected chi connectivity index (χ4v) is 2.20. The van der Waals surface area contributed by atoms with E-state index in [1.807, 2.05) is 0 Å². The Bertz CT molecular complexity index is 587. The summed E-state index contributed by atoms with van der Waals surface area (Å²) in [6.45, 7) is 1.73. The van der Waals surface area contributed by atoms with E-state index < -0.39 is 11.7 Å². The zero-order valence-corrected chi connectivity index (χ0v) is 11.1. The summed E-state index contributed by atoms with van der Waals surface area (Å²) in [5.74, 6) is 0. The molecule has 0 saturated heterocycles. The number of hydrogen-bond donors (Lipinski definition) is 0. The van der Waals surface area contributed by atoms with Crippen LogP contribution in [0.3, 0.4) is 0 Å². The van der Waals surface area contributed by atoms with Gasteiger partial charge in [0.05, 0.1) is 5.56 Å². The van der Waals surface area contributed by atoms with E-state index in [4.69, 9.17) is 11.6 Å². The molecule has 2 rings (SSSR count). The standard InChI is InChI=1S/C11H7ClF3N3S/c1-6-9(12)17-5-18-10(6)19-8-3-2-7(4-16-8)11(13,14)15/h2-5H,1H3. The van der Waals surface area contributed by atoms with Crippen LogP contribution in [0.25, 0.3) is 0 Å². The summed E-state index contributed by atoms with van der Waals surface area (Å²) in [5, 5.41) is 1.28. The van der Waals surface area contributed by atoms with E-state index >= 15 is 0 Å². The lowest BCUT2D eigenvalue weighted by atomic mass is 10.3. The van der Waals surface area contributed by atoms with Crippen molar-refractivity contribution in [1.82, 2.24) is 15.0 Å². The maximum absolute atomic E-state index is 12.4. The van der Waals surface area contributed by atoms with E-state index in [0.29, 0.717) is 20.8 Å². The highest BCUT2D eigenvalue weighted by atomic mass is 35.5. The van der Waals surface area contributed by atoms with Gasteiger partial charge in [-0.3, -0.25) is 0 Å². The minimum absolute atomic E-state index is 0.310. The van der Waals surface area contributed by atoms with Gasteiger partial charge in [-0.2, -0.15) is 13.2 Å². The van der Waals surface area contributed by atoms with Gasteiger partial charge >= 0.3 is 6.18 Å². The molecule has 2 heterocycles. The molecule has 0 aliphatic rings. The highest BCUT2D eigenvalue weighted by Crippen LogP contribution is 2.32. The monoisotopic (exact) mass is 305 g/mol. The van der Waals surface area contributed by atoms with Crippen molar-refractivity contribution in [3.8, 4) is 0 Å². The Hall–Kier alpha value is -1.34. The summed E-state index contributed by atoms with van der Waals surface area (Å²) in [4.78, 5) is 11.6. The maximum Gasteiger partial charge on any atom is 0.417 e. The van der Waals surface area contributed by atoms with Gasteiger partial charge in [0.25, 0.3) is 0 Å². The molecule has 19 heavy (non-hydrogen) atoms. The second-order valence-corrected chi connectivity index (χ2v) is 4.95. The van der Waals surface area contributed by atoms with Gasteiger partial charge < -0.3 is 0 Å². The van der Waals surface area contributed by atoms with Crippen LogP contribution >= 0.6 is 23.4 Å². The van der Waals surface area contributed by atoms with Gasteiger partial charge in [0.2, 0.25) is 0 Å². The first kappa shape index (κ1) is 14.1. The van der Waals surface area contributed by atoms with Crippen molar-refractivity contribution in [2.45, 2.75) is 23.2 Å². The van der Waals surface area contributed by atoms with Crippen LogP contribution in [0.4, 0.5) is 13.2 Å². The smallest absolute Gasteiger partial charge is 0.249 e. The Morgan fingerprint density at radius 3 is 2.47 bits per heavy atom. The second kappa shape index (κ2) is 5.34. The minimum atomic E-state index is -4.38. The average molecular weight is 306 g/mol. The number of rotatable bonds is 2. The minimum Gasteiger partial charge on any atom is -0.249 e. The van der Waals surface area contributed by atoms with Crippen molar-refractivity contribution in [3.05, 3.63) is 40.9 Å². The molecule has 0 amide bonds. The summed E-state index contributed by atoms with van der Waals surface area (Å²) in [6, 6.07) is 2.27. The van der Waals surface area contributed by atoms with Crippen molar-refractivity contribution >= 4 is 23.4 Å². The molecule has 2 aromatic rings. The molecule has 0 radical (unpaired) electrons. The van der Waals surface area contributed by atoms with Crippen LogP contribution in [-0.4, -0.2) is 15.0 Å². The highest BCUT2D eigenvalue weighted by Gasteiger charge is 2.30. The normalized spacial score (nSPS) is 11.6. The van der Waals surface area contributed by atoms with Gasteiger partial charge in [-0.1, -0.05) is 11.6 Å². The molecule has 0 aliphatic heterocycles. The van der Waals surface area contributed by atoms with Crippen molar-refractivity contribution in [3.63, 3.8) is 0 Å². The molecule has 0 saturated carbocycles. The van der Waals surface area contributed by atoms with Crippen LogP contribution in [-0.2, 0) is 6.18 Å². The van der Waals surface area contributed by atoms with Gasteiger partial charge in [-0.15, -0.1) is 0 Å². The molecule has 0 aromatic carbocycles. The summed E-state index contributed by atoms with van der Waals surface area (Å²) >= 11 is 6.97. The first-order chi connectivity index (χ1) is 8.88. The van der Waals surface area contributed by atoms with Gasteiger partial charge in [0.1, 0.15) is 21.5 Å². The molecule has 0 aliphatic carbocycles. The van der Waals surface area contributed by atoms with Crippen LogP contribution in [0.5, 0.6) is 0 Å². The molecule has 3 nitrogen and oxygen atoms in total. The first-order valence-electron chi connectivity index (χ1n) is 5.06. The maximum atomic E-state index is 12.4. The van der Waals surface area contributed by atoms with Gasteiger partial charge in [-0.25, -0.2) is 15.0 Å². The SMILES string of the molecule is Cc1c(Cl)ncnc1Sc1ccc(C(F)(F)F)cn1. The molecule has 0 N–H and O–H groups in total. The molecule has 8 heteroatoms. The van der Waals surface area contributed by atoms with E-state index in [2.05, 4.69) is 15.0 Å². The van der Waals surface area contributed by atoms with Crippen LogP contribution in [0.15, 0.2) is 34.7 Å².